The maximum atomic E-state index is 5.91. The molecule has 8 heteroatoms. The molecule has 29 heavy (non-hydrogen) atoms. The quantitative estimate of drug-likeness (QED) is 0.359. The molecule has 3 heterocycles. The molecular weight excluding hydrogens is 436 g/mol. The Labute approximate surface area is 174 Å². The summed E-state index contributed by atoms with van der Waals surface area (Å²) >= 11 is 3.28. The van der Waals surface area contributed by atoms with E-state index in [0.717, 1.165) is 22.6 Å². The summed E-state index contributed by atoms with van der Waals surface area (Å²) in [7, 11) is 0. The van der Waals surface area contributed by atoms with E-state index in [9.17, 15) is 0 Å². The number of nitrogens with zero attached hydrogens (tertiary/aromatic N) is 4. The highest BCUT2D eigenvalue weighted by molar-refractivity contribution is 9.10. The Morgan fingerprint density at radius 2 is 1.72 bits per heavy atom. The molecule has 5 aromatic rings. The molecule has 0 radical (unpaired) electrons. The number of furan rings is 1. The molecule has 0 saturated heterocycles. The van der Waals surface area contributed by atoms with Crippen LogP contribution in [-0.4, -0.2) is 19.7 Å². The second kappa shape index (κ2) is 7.56. The van der Waals surface area contributed by atoms with E-state index in [0.29, 0.717) is 35.4 Å². The number of para-hydroxylation sites is 3. The van der Waals surface area contributed by atoms with E-state index in [1.54, 1.807) is 12.1 Å². The zero-order valence-corrected chi connectivity index (χ0v) is 16.7. The van der Waals surface area contributed by atoms with Gasteiger partial charge in [-0.3, -0.25) is 0 Å². The van der Waals surface area contributed by atoms with Crippen molar-refractivity contribution in [3.8, 4) is 17.4 Å². The first kappa shape index (κ1) is 17.7. The van der Waals surface area contributed by atoms with Gasteiger partial charge in [0.2, 0.25) is 5.89 Å². The van der Waals surface area contributed by atoms with Crippen molar-refractivity contribution in [2.24, 2.45) is 0 Å². The molecule has 0 aliphatic heterocycles. The van der Waals surface area contributed by atoms with Crippen LogP contribution in [0.3, 0.4) is 0 Å². The van der Waals surface area contributed by atoms with Crippen LogP contribution < -0.4 is 4.74 Å². The molecule has 0 atom stereocenters. The van der Waals surface area contributed by atoms with Crippen LogP contribution in [0.25, 0.3) is 22.7 Å². The molecule has 0 unspecified atom stereocenters. The minimum Gasteiger partial charge on any atom is -0.486 e. The number of hydrogen-bond donors (Lipinski definition) is 0. The van der Waals surface area contributed by atoms with Crippen LogP contribution in [0.1, 0.15) is 11.7 Å². The second-order valence-electron chi connectivity index (χ2n) is 6.31. The average molecular weight is 451 g/mol. The third-order valence-corrected chi connectivity index (χ3v) is 4.82. The summed E-state index contributed by atoms with van der Waals surface area (Å²) in [5.74, 6) is 2.86. The molecule has 0 bridgehead atoms. The molecule has 2 aromatic carbocycles. The highest BCUT2D eigenvalue weighted by Gasteiger charge is 2.17. The molecule has 7 nitrogen and oxygen atoms in total. The summed E-state index contributed by atoms with van der Waals surface area (Å²) in [5, 5.41) is 8.25. The van der Waals surface area contributed by atoms with Crippen LogP contribution in [0.15, 0.2) is 80.2 Å². The van der Waals surface area contributed by atoms with Crippen LogP contribution in [0.5, 0.6) is 5.75 Å². The molecule has 0 amide bonds. The zero-order valence-electron chi connectivity index (χ0n) is 15.2. The number of hydrogen-bond acceptors (Lipinski definition) is 6. The van der Waals surface area contributed by atoms with Gasteiger partial charge in [0.05, 0.1) is 11.0 Å². The lowest BCUT2D eigenvalue weighted by molar-refractivity contribution is 0.290. The van der Waals surface area contributed by atoms with Gasteiger partial charge in [0, 0.05) is 0 Å². The normalized spacial score (nSPS) is 11.2. The number of rotatable bonds is 6. The lowest BCUT2D eigenvalue weighted by Gasteiger charge is -2.08. The van der Waals surface area contributed by atoms with Gasteiger partial charge >= 0.3 is 0 Å². The molecule has 3 aromatic heterocycles. The zero-order chi connectivity index (χ0) is 19.6. The smallest absolute Gasteiger partial charge is 0.283 e. The van der Waals surface area contributed by atoms with Crippen molar-refractivity contribution in [3.05, 3.63) is 83.1 Å². The summed E-state index contributed by atoms with van der Waals surface area (Å²) in [6.07, 6.45) is 0. The molecule has 0 spiro atoms. The Morgan fingerprint density at radius 3 is 2.55 bits per heavy atom. The Kier molecular flexibility index (Phi) is 4.61. The monoisotopic (exact) mass is 450 g/mol. The van der Waals surface area contributed by atoms with Crippen LogP contribution in [0.4, 0.5) is 0 Å². The van der Waals surface area contributed by atoms with E-state index in [2.05, 4.69) is 26.1 Å². The van der Waals surface area contributed by atoms with Crippen LogP contribution in [-0.2, 0) is 13.2 Å². The van der Waals surface area contributed by atoms with Gasteiger partial charge in [0.15, 0.2) is 10.4 Å². The number of fused-ring (bicyclic) bond motifs is 1. The Bertz CT molecular complexity index is 1260. The van der Waals surface area contributed by atoms with Gasteiger partial charge in [-0.05, 0) is 52.3 Å². The van der Waals surface area contributed by atoms with Gasteiger partial charge in [0.1, 0.15) is 24.7 Å². The van der Waals surface area contributed by atoms with Crippen molar-refractivity contribution < 1.29 is 13.6 Å². The minimum absolute atomic E-state index is 0.324. The van der Waals surface area contributed by atoms with E-state index < -0.39 is 0 Å². The van der Waals surface area contributed by atoms with Crippen molar-refractivity contribution >= 4 is 27.0 Å². The topological polar surface area (TPSA) is 79.1 Å². The van der Waals surface area contributed by atoms with Gasteiger partial charge < -0.3 is 18.1 Å². The fraction of sp³-hybridized carbons (Fsp3) is 0.0952. The van der Waals surface area contributed by atoms with Crippen molar-refractivity contribution in [2.45, 2.75) is 13.2 Å². The molecule has 0 aliphatic rings. The van der Waals surface area contributed by atoms with Crippen LogP contribution in [0.2, 0.25) is 0 Å². The van der Waals surface area contributed by atoms with E-state index >= 15 is 0 Å². The molecular formula is C21H15BrN4O3. The molecule has 5 rings (SSSR count). The van der Waals surface area contributed by atoms with E-state index in [1.165, 1.54) is 0 Å². The van der Waals surface area contributed by atoms with Crippen molar-refractivity contribution in [1.82, 2.24) is 19.7 Å². The Hall–Kier alpha value is -3.39. The molecule has 144 valence electrons. The number of aromatic nitrogens is 4. The summed E-state index contributed by atoms with van der Waals surface area (Å²) < 4.78 is 19.8. The van der Waals surface area contributed by atoms with E-state index in [4.69, 9.17) is 18.6 Å². The number of benzene rings is 2. The fourth-order valence-corrected chi connectivity index (χ4v) is 3.36. The van der Waals surface area contributed by atoms with Gasteiger partial charge in [-0.15, -0.1) is 10.2 Å². The van der Waals surface area contributed by atoms with Gasteiger partial charge in [0.25, 0.3) is 5.89 Å². The summed E-state index contributed by atoms with van der Waals surface area (Å²) in [6.45, 7) is 0.702. The highest BCUT2D eigenvalue weighted by Crippen LogP contribution is 2.25. The third kappa shape index (κ3) is 3.66. The predicted molar refractivity (Wildman–Crippen MR) is 109 cm³/mol. The number of ether oxygens (including phenoxy) is 1. The van der Waals surface area contributed by atoms with E-state index in [-0.39, 0.29) is 0 Å². The average Bonchev–Trinajstić information content (AvgIpc) is 3.47. The number of halogens is 1. The third-order valence-electron chi connectivity index (χ3n) is 4.39. The molecule has 0 aliphatic carbocycles. The fourth-order valence-electron chi connectivity index (χ4n) is 3.06. The van der Waals surface area contributed by atoms with Crippen molar-refractivity contribution in [1.29, 1.82) is 0 Å². The highest BCUT2D eigenvalue weighted by atomic mass is 79.9. The standard InChI is InChI=1S/C21H15BrN4O3/c22-18-11-10-17(28-18)21-25-24-20(29-21)12-26-16-9-5-4-8-15(16)23-19(26)13-27-14-6-2-1-3-7-14/h1-11H,12-13H2. The first-order valence-electron chi connectivity index (χ1n) is 8.96. The van der Waals surface area contributed by atoms with Gasteiger partial charge in [-0.2, -0.15) is 0 Å². The lowest BCUT2D eigenvalue weighted by Crippen LogP contribution is -2.08. The SMILES string of the molecule is Brc1ccc(-c2nnc(Cn3c(COc4ccccc4)nc4ccccc43)o2)o1. The number of imidazole rings is 1. The summed E-state index contributed by atoms with van der Waals surface area (Å²) in [5.41, 5.74) is 1.86. The molecule has 0 saturated carbocycles. The van der Waals surface area contributed by atoms with E-state index in [1.807, 2.05) is 59.2 Å². The van der Waals surface area contributed by atoms with Gasteiger partial charge in [-0.1, -0.05) is 30.3 Å². The van der Waals surface area contributed by atoms with Crippen LogP contribution in [0, 0.1) is 0 Å². The Balaban J connectivity index is 1.45. The minimum atomic E-state index is 0.324. The van der Waals surface area contributed by atoms with Gasteiger partial charge in [-0.25, -0.2) is 4.98 Å². The predicted octanol–water partition coefficient (Wildman–Crippen LogP) is 5.07. The summed E-state index contributed by atoms with van der Waals surface area (Å²) in [4.78, 5) is 4.72. The first-order valence-corrected chi connectivity index (χ1v) is 9.75. The maximum Gasteiger partial charge on any atom is 0.283 e. The Morgan fingerprint density at radius 1 is 0.897 bits per heavy atom. The lowest BCUT2D eigenvalue weighted by atomic mass is 10.3. The van der Waals surface area contributed by atoms with Crippen LogP contribution >= 0.6 is 15.9 Å². The molecule has 0 N–H and O–H groups in total. The largest absolute Gasteiger partial charge is 0.486 e. The second-order valence-corrected chi connectivity index (χ2v) is 7.09. The summed E-state index contributed by atoms with van der Waals surface area (Å²) in [6, 6.07) is 21.1. The maximum absolute atomic E-state index is 5.91. The van der Waals surface area contributed by atoms with Crippen molar-refractivity contribution in [2.75, 3.05) is 0 Å². The first-order chi connectivity index (χ1) is 14.3. The molecule has 0 fully saturated rings. The van der Waals surface area contributed by atoms with Crippen molar-refractivity contribution in [3.63, 3.8) is 0 Å².